The molecule has 1 saturated heterocycles. The Morgan fingerprint density at radius 2 is 2.23 bits per heavy atom. The van der Waals surface area contributed by atoms with Crippen molar-refractivity contribution < 1.29 is 13.5 Å². The quantitative estimate of drug-likeness (QED) is 0.745. The number of halogens is 3. The average molecular weight is 324 g/mol. The molecule has 1 aliphatic carbocycles. The summed E-state index contributed by atoms with van der Waals surface area (Å²) in [6, 6.07) is -0.174. The van der Waals surface area contributed by atoms with Crippen LogP contribution in [0.5, 0.6) is 0 Å². The third kappa shape index (κ3) is 2.06. The topological polar surface area (TPSA) is 38.3 Å². The predicted octanol–water partition coefficient (Wildman–Crippen LogP) is 2.73. The van der Waals surface area contributed by atoms with Gasteiger partial charge in [-0.05, 0) is 23.8 Å². The first-order valence-electron chi connectivity index (χ1n) is 6.96. The number of hydrogen-bond acceptors (Lipinski definition) is 4. The monoisotopic (exact) mass is 323 g/mol. The predicted molar refractivity (Wildman–Crippen MR) is 77.1 cm³/mol. The van der Waals surface area contributed by atoms with Crippen LogP contribution in [-0.2, 0) is 4.74 Å². The van der Waals surface area contributed by atoms with Gasteiger partial charge in [0.1, 0.15) is 11.5 Å². The molecule has 1 fully saturated rings. The molecule has 7 heteroatoms. The first kappa shape index (κ1) is 13.8. The first-order valence-corrected chi connectivity index (χ1v) is 7.34. The molecule has 0 aromatic carbocycles. The minimum Gasteiger partial charge on any atom is -0.373 e. The van der Waals surface area contributed by atoms with Crippen LogP contribution in [0.4, 0.5) is 8.78 Å². The van der Waals surface area contributed by atoms with E-state index in [4.69, 9.17) is 16.3 Å². The molecule has 1 aromatic heterocycles. The second kappa shape index (κ2) is 5.14. The van der Waals surface area contributed by atoms with Gasteiger partial charge in [-0.2, -0.15) is 0 Å². The van der Waals surface area contributed by atoms with Crippen molar-refractivity contribution in [3.05, 3.63) is 52.7 Å². The lowest BCUT2D eigenvalue weighted by Gasteiger charge is -2.33. The summed E-state index contributed by atoms with van der Waals surface area (Å²) in [6.07, 6.45) is 5.77. The zero-order valence-corrected chi connectivity index (χ0v) is 12.2. The van der Waals surface area contributed by atoms with E-state index in [0.29, 0.717) is 25.3 Å². The molecule has 0 bridgehead atoms. The number of hydrogen-bond donors (Lipinski definition) is 0. The number of rotatable bonds is 1. The fraction of sp³-hybridized carbons (Fsp3) is 0.333. The number of nitrogens with zero attached hydrogens (tertiary/aromatic N) is 3. The van der Waals surface area contributed by atoms with Crippen molar-refractivity contribution in [1.82, 2.24) is 14.9 Å². The molecule has 2 atom stereocenters. The van der Waals surface area contributed by atoms with Crippen LogP contribution in [0.15, 0.2) is 35.9 Å². The highest BCUT2D eigenvalue weighted by atomic mass is 35.5. The van der Waals surface area contributed by atoms with Crippen LogP contribution in [0.25, 0.3) is 5.57 Å². The van der Waals surface area contributed by atoms with Gasteiger partial charge in [0.05, 0.1) is 25.5 Å². The minimum atomic E-state index is -0.540. The van der Waals surface area contributed by atoms with Gasteiger partial charge in [-0.3, -0.25) is 0 Å². The molecule has 22 heavy (non-hydrogen) atoms. The maximum atomic E-state index is 14.2. The summed E-state index contributed by atoms with van der Waals surface area (Å²) < 4.78 is 33.4. The van der Waals surface area contributed by atoms with Crippen LogP contribution in [0.3, 0.4) is 0 Å². The Hall–Kier alpha value is -1.79. The molecule has 3 aliphatic rings. The minimum absolute atomic E-state index is 0.0160. The molecule has 114 valence electrons. The van der Waals surface area contributed by atoms with E-state index in [0.717, 1.165) is 11.9 Å². The summed E-state index contributed by atoms with van der Waals surface area (Å²) in [4.78, 5) is 9.76. The third-order valence-electron chi connectivity index (χ3n) is 4.20. The Morgan fingerprint density at radius 1 is 1.36 bits per heavy atom. The van der Waals surface area contributed by atoms with Gasteiger partial charge in [-0.15, -0.1) is 0 Å². The van der Waals surface area contributed by atoms with Crippen LogP contribution < -0.4 is 0 Å². The molecule has 1 aromatic rings. The Labute approximate surface area is 130 Å². The Morgan fingerprint density at radius 3 is 3.09 bits per heavy atom. The Bertz CT molecular complexity index is 731. The highest BCUT2D eigenvalue weighted by Crippen LogP contribution is 2.45. The molecular formula is C15H12ClF2N3O. The lowest BCUT2D eigenvalue weighted by molar-refractivity contribution is 0.0680. The summed E-state index contributed by atoms with van der Waals surface area (Å²) in [7, 11) is 0. The fourth-order valence-electron chi connectivity index (χ4n) is 3.32. The fourth-order valence-corrected chi connectivity index (χ4v) is 3.45. The maximum absolute atomic E-state index is 14.2. The molecule has 0 amide bonds. The zero-order chi connectivity index (χ0) is 15.3. The van der Waals surface area contributed by atoms with Gasteiger partial charge in [-0.25, -0.2) is 18.7 Å². The summed E-state index contributed by atoms with van der Waals surface area (Å²) in [5.41, 5.74) is 1.70. The SMILES string of the molecule is FC1=CC2C(C=C1)C(c1nc(Cl)ncc1F)=C1COCCN12. The standard InChI is InChI=1S/C15H12ClF2N3O/c16-15-19-6-10(18)14(20-15)13-9-2-1-8(17)5-11(9)21-3-4-22-7-12(13)21/h1-2,5-6,9,11H,3-4,7H2. The van der Waals surface area contributed by atoms with Crippen molar-refractivity contribution in [3.8, 4) is 0 Å². The number of allylic oxidation sites excluding steroid dienone is 2. The van der Waals surface area contributed by atoms with Crippen LogP contribution in [0, 0.1) is 11.7 Å². The van der Waals surface area contributed by atoms with Crippen molar-refractivity contribution in [1.29, 1.82) is 0 Å². The van der Waals surface area contributed by atoms with Gasteiger partial charge in [0.2, 0.25) is 5.28 Å². The molecule has 0 spiro atoms. The van der Waals surface area contributed by atoms with Gasteiger partial charge in [0.15, 0.2) is 5.82 Å². The maximum Gasteiger partial charge on any atom is 0.223 e. The van der Waals surface area contributed by atoms with Crippen LogP contribution in [0.1, 0.15) is 5.69 Å². The van der Waals surface area contributed by atoms with E-state index in [1.165, 1.54) is 6.08 Å². The van der Waals surface area contributed by atoms with Gasteiger partial charge in [0, 0.05) is 23.7 Å². The van der Waals surface area contributed by atoms with E-state index >= 15 is 0 Å². The zero-order valence-electron chi connectivity index (χ0n) is 11.5. The van der Waals surface area contributed by atoms with E-state index in [9.17, 15) is 8.78 Å². The van der Waals surface area contributed by atoms with E-state index in [2.05, 4.69) is 14.9 Å². The molecule has 2 aliphatic heterocycles. The number of fused-ring (bicyclic) bond motifs is 3. The summed E-state index contributed by atoms with van der Waals surface area (Å²) in [5.74, 6) is -0.993. The molecule has 0 saturated carbocycles. The highest BCUT2D eigenvalue weighted by Gasteiger charge is 2.42. The van der Waals surface area contributed by atoms with E-state index < -0.39 is 5.82 Å². The summed E-state index contributed by atoms with van der Waals surface area (Å²) in [5, 5.41) is -0.0160. The van der Waals surface area contributed by atoms with Gasteiger partial charge < -0.3 is 9.64 Å². The van der Waals surface area contributed by atoms with Gasteiger partial charge >= 0.3 is 0 Å². The Kier molecular flexibility index (Phi) is 3.23. The molecule has 4 rings (SSSR count). The van der Waals surface area contributed by atoms with Crippen LogP contribution in [0.2, 0.25) is 5.28 Å². The van der Waals surface area contributed by atoms with Crippen molar-refractivity contribution >= 4 is 17.2 Å². The molecule has 2 unspecified atom stereocenters. The largest absolute Gasteiger partial charge is 0.373 e. The average Bonchev–Trinajstić information content (AvgIpc) is 2.84. The molecule has 0 radical (unpaired) electrons. The lowest BCUT2D eigenvalue weighted by atomic mass is 9.88. The molecule has 3 heterocycles. The molecular weight excluding hydrogens is 312 g/mol. The first-order chi connectivity index (χ1) is 10.6. The third-order valence-corrected chi connectivity index (χ3v) is 4.38. The lowest BCUT2D eigenvalue weighted by Crippen LogP contribution is -2.39. The van der Waals surface area contributed by atoms with E-state index in [1.54, 1.807) is 12.2 Å². The number of aromatic nitrogens is 2. The highest BCUT2D eigenvalue weighted by molar-refractivity contribution is 6.28. The number of morpholine rings is 1. The van der Waals surface area contributed by atoms with E-state index in [1.807, 2.05) is 0 Å². The van der Waals surface area contributed by atoms with Crippen LogP contribution in [-0.4, -0.2) is 40.7 Å². The van der Waals surface area contributed by atoms with Crippen molar-refractivity contribution in [2.75, 3.05) is 19.8 Å². The summed E-state index contributed by atoms with van der Waals surface area (Å²) in [6.45, 7) is 1.55. The molecule has 4 nitrogen and oxygen atoms in total. The number of ether oxygens (including phenoxy) is 1. The summed E-state index contributed by atoms with van der Waals surface area (Å²) >= 11 is 5.82. The van der Waals surface area contributed by atoms with Gasteiger partial charge in [0.25, 0.3) is 0 Å². The van der Waals surface area contributed by atoms with Gasteiger partial charge in [-0.1, -0.05) is 6.08 Å². The Balaban J connectivity index is 1.88. The second-order valence-corrected chi connectivity index (χ2v) is 5.71. The smallest absolute Gasteiger partial charge is 0.223 e. The van der Waals surface area contributed by atoms with Crippen molar-refractivity contribution in [2.45, 2.75) is 6.04 Å². The van der Waals surface area contributed by atoms with E-state index in [-0.39, 0.29) is 28.8 Å². The van der Waals surface area contributed by atoms with Crippen molar-refractivity contribution in [3.63, 3.8) is 0 Å². The molecule has 0 N–H and O–H groups in total. The van der Waals surface area contributed by atoms with Crippen LogP contribution >= 0.6 is 11.6 Å². The second-order valence-electron chi connectivity index (χ2n) is 5.37. The van der Waals surface area contributed by atoms with Crippen molar-refractivity contribution in [2.24, 2.45) is 5.92 Å². The normalized spacial score (nSPS) is 26.9.